The fraction of sp³-hybridized carbons (Fsp3) is 0.259. The molecule has 0 spiro atoms. The van der Waals surface area contributed by atoms with E-state index >= 15 is 0 Å². The van der Waals surface area contributed by atoms with Gasteiger partial charge in [-0.3, -0.25) is 9.59 Å². The summed E-state index contributed by atoms with van der Waals surface area (Å²) in [5, 5.41) is 2.86. The molecule has 0 saturated heterocycles. The van der Waals surface area contributed by atoms with Crippen LogP contribution in [0.4, 0.5) is 10.1 Å². The third-order valence-corrected chi connectivity index (χ3v) is 5.92. The summed E-state index contributed by atoms with van der Waals surface area (Å²) in [6.45, 7) is 5.75. The van der Waals surface area contributed by atoms with Crippen molar-refractivity contribution in [1.29, 1.82) is 0 Å². The van der Waals surface area contributed by atoms with Gasteiger partial charge in [-0.05, 0) is 73.4 Å². The molecule has 6 heteroatoms. The van der Waals surface area contributed by atoms with Crippen LogP contribution >= 0.6 is 0 Å². The van der Waals surface area contributed by atoms with Gasteiger partial charge < -0.3 is 15.0 Å². The number of ether oxygens (including phenoxy) is 1. The maximum absolute atomic E-state index is 14.0. The number of aryl methyl sites for hydroxylation is 1. The molecule has 4 rings (SSSR count). The molecule has 0 aliphatic carbocycles. The van der Waals surface area contributed by atoms with Gasteiger partial charge in [-0.25, -0.2) is 4.39 Å². The highest BCUT2D eigenvalue weighted by Gasteiger charge is 2.31. The number of halogens is 1. The smallest absolute Gasteiger partial charge is 0.265 e. The van der Waals surface area contributed by atoms with Crippen molar-refractivity contribution >= 4 is 17.5 Å². The minimum Gasteiger partial charge on any atom is -0.481 e. The number of amides is 2. The van der Waals surface area contributed by atoms with Gasteiger partial charge in [0.2, 0.25) is 5.91 Å². The zero-order valence-electron chi connectivity index (χ0n) is 19.0. The van der Waals surface area contributed by atoms with Gasteiger partial charge in [0.15, 0.2) is 6.10 Å². The van der Waals surface area contributed by atoms with Crippen LogP contribution in [0.2, 0.25) is 0 Å². The highest BCUT2D eigenvalue weighted by Crippen LogP contribution is 2.37. The third-order valence-electron chi connectivity index (χ3n) is 5.92. The molecule has 2 atom stereocenters. The van der Waals surface area contributed by atoms with Crippen LogP contribution in [0.1, 0.15) is 42.1 Å². The normalized spacial score (nSPS) is 16.0. The second kappa shape index (κ2) is 9.45. The average Bonchev–Trinajstić information content (AvgIpc) is 2.79. The number of anilines is 1. The van der Waals surface area contributed by atoms with E-state index in [-0.39, 0.29) is 17.6 Å². The Morgan fingerprint density at radius 2 is 1.85 bits per heavy atom. The van der Waals surface area contributed by atoms with E-state index in [0.717, 1.165) is 16.7 Å². The Kier molecular flexibility index (Phi) is 6.45. The van der Waals surface area contributed by atoms with Crippen molar-refractivity contribution in [1.82, 2.24) is 4.90 Å². The number of hydrogen-bond donors (Lipinski definition) is 1. The van der Waals surface area contributed by atoms with Crippen molar-refractivity contribution in [3.63, 3.8) is 0 Å². The van der Waals surface area contributed by atoms with Crippen LogP contribution < -0.4 is 10.1 Å². The second-order valence-electron chi connectivity index (χ2n) is 8.40. The largest absolute Gasteiger partial charge is 0.481 e. The standard InChI is InChI=1S/C27H27FN2O3/c1-17-7-10-23(11-8-17)29-27(32)18(2)33-24-12-9-20-13-14-30(19(3)31)26(25(20)16-24)21-5-4-6-22(28)15-21/h4-12,15-16,18,26H,13-14H2,1-3H3,(H,29,32)/t18-,26+/m1/s1. The van der Waals surface area contributed by atoms with Crippen molar-refractivity contribution in [2.24, 2.45) is 0 Å². The fourth-order valence-corrected chi connectivity index (χ4v) is 4.18. The highest BCUT2D eigenvalue weighted by atomic mass is 19.1. The van der Waals surface area contributed by atoms with Gasteiger partial charge in [0, 0.05) is 19.2 Å². The van der Waals surface area contributed by atoms with Crippen LogP contribution in [-0.2, 0) is 16.0 Å². The van der Waals surface area contributed by atoms with Gasteiger partial charge in [-0.2, -0.15) is 0 Å². The molecular weight excluding hydrogens is 419 g/mol. The molecule has 0 fully saturated rings. The molecule has 0 aromatic heterocycles. The predicted octanol–water partition coefficient (Wildman–Crippen LogP) is 5.03. The molecule has 0 saturated carbocycles. The van der Waals surface area contributed by atoms with E-state index in [9.17, 15) is 14.0 Å². The van der Waals surface area contributed by atoms with Crippen molar-refractivity contribution in [3.8, 4) is 5.75 Å². The first kappa shape index (κ1) is 22.5. The Labute approximate surface area is 193 Å². The summed E-state index contributed by atoms with van der Waals surface area (Å²) in [5.41, 5.74) is 4.47. The molecule has 33 heavy (non-hydrogen) atoms. The Balaban J connectivity index is 1.59. The monoisotopic (exact) mass is 446 g/mol. The van der Waals surface area contributed by atoms with Gasteiger partial charge in [-0.1, -0.05) is 35.9 Å². The first-order valence-corrected chi connectivity index (χ1v) is 11.0. The second-order valence-corrected chi connectivity index (χ2v) is 8.40. The number of carbonyl (C=O) groups is 2. The van der Waals surface area contributed by atoms with Gasteiger partial charge in [-0.15, -0.1) is 0 Å². The summed E-state index contributed by atoms with van der Waals surface area (Å²) in [7, 11) is 0. The Hall–Kier alpha value is -3.67. The van der Waals surface area contributed by atoms with E-state index in [1.165, 1.54) is 19.1 Å². The lowest BCUT2D eigenvalue weighted by molar-refractivity contribution is -0.130. The zero-order valence-corrected chi connectivity index (χ0v) is 19.0. The quantitative estimate of drug-likeness (QED) is 0.598. The van der Waals surface area contributed by atoms with Crippen LogP contribution in [0.5, 0.6) is 5.75 Å². The predicted molar refractivity (Wildman–Crippen MR) is 126 cm³/mol. The minimum absolute atomic E-state index is 0.0768. The molecule has 0 unspecified atom stereocenters. The number of nitrogens with zero attached hydrogens (tertiary/aromatic N) is 1. The molecule has 0 radical (unpaired) electrons. The summed E-state index contributed by atoms with van der Waals surface area (Å²) < 4.78 is 19.9. The van der Waals surface area contributed by atoms with Crippen molar-refractivity contribution in [3.05, 3.63) is 94.8 Å². The topological polar surface area (TPSA) is 58.6 Å². The summed E-state index contributed by atoms with van der Waals surface area (Å²) in [5.74, 6) is -0.167. The summed E-state index contributed by atoms with van der Waals surface area (Å²) in [4.78, 5) is 26.7. The first-order valence-electron chi connectivity index (χ1n) is 11.0. The number of benzene rings is 3. The molecule has 3 aromatic rings. The van der Waals surface area contributed by atoms with E-state index in [2.05, 4.69) is 5.32 Å². The molecule has 3 aromatic carbocycles. The van der Waals surface area contributed by atoms with Gasteiger partial charge >= 0.3 is 0 Å². The number of nitrogens with one attached hydrogen (secondary N) is 1. The summed E-state index contributed by atoms with van der Waals surface area (Å²) in [6, 6.07) is 19.1. The van der Waals surface area contributed by atoms with Crippen LogP contribution in [0.25, 0.3) is 0 Å². The average molecular weight is 447 g/mol. The van der Waals surface area contributed by atoms with Crippen LogP contribution in [0.3, 0.4) is 0 Å². The lowest BCUT2D eigenvalue weighted by Gasteiger charge is -2.37. The molecule has 1 heterocycles. The van der Waals surface area contributed by atoms with Crippen LogP contribution in [0, 0.1) is 12.7 Å². The molecule has 2 amide bonds. The molecule has 170 valence electrons. The van der Waals surface area contributed by atoms with Crippen molar-refractivity contribution in [2.45, 2.75) is 39.3 Å². The number of carbonyl (C=O) groups excluding carboxylic acids is 2. The Morgan fingerprint density at radius 1 is 1.09 bits per heavy atom. The molecule has 1 N–H and O–H groups in total. The van der Waals surface area contributed by atoms with E-state index < -0.39 is 12.1 Å². The van der Waals surface area contributed by atoms with Crippen LogP contribution in [0.15, 0.2) is 66.7 Å². The van der Waals surface area contributed by atoms with Crippen molar-refractivity contribution in [2.75, 3.05) is 11.9 Å². The molecule has 1 aliphatic rings. The number of fused-ring (bicyclic) bond motifs is 1. The zero-order chi connectivity index (χ0) is 23.5. The minimum atomic E-state index is -0.732. The van der Waals surface area contributed by atoms with Crippen molar-refractivity contribution < 1.29 is 18.7 Å². The van der Waals surface area contributed by atoms with E-state index in [1.807, 2.05) is 55.5 Å². The third kappa shape index (κ3) is 5.06. The van der Waals surface area contributed by atoms with Gasteiger partial charge in [0.25, 0.3) is 5.91 Å². The number of rotatable bonds is 5. The lowest BCUT2D eigenvalue weighted by Crippen LogP contribution is -2.39. The molecule has 1 aliphatic heterocycles. The van der Waals surface area contributed by atoms with E-state index in [1.54, 1.807) is 17.9 Å². The maximum Gasteiger partial charge on any atom is 0.265 e. The molecule has 0 bridgehead atoms. The maximum atomic E-state index is 14.0. The Bertz CT molecular complexity index is 1180. The summed E-state index contributed by atoms with van der Waals surface area (Å²) in [6.07, 6.45) is -0.0331. The lowest BCUT2D eigenvalue weighted by atomic mass is 9.88. The van der Waals surface area contributed by atoms with E-state index in [0.29, 0.717) is 30.0 Å². The molecule has 5 nitrogen and oxygen atoms in total. The fourth-order valence-electron chi connectivity index (χ4n) is 4.18. The van der Waals surface area contributed by atoms with Crippen LogP contribution in [-0.4, -0.2) is 29.4 Å². The first-order chi connectivity index (χ1) is 15.8. The van der Waals surface area contributed by atoms with Gasteiger partial charge in [0.1, 0.15) is 11.6 Å². The van der Waals surface area contributed by atoms with Gasteiger partial charge in [0.05, 0.1) is 6.04 Å². The Morgan fingerprint density at radius 3 is 2.55 bits per heavy atom. The summed E-state index contributed by atoms with van der Waals surface area (Å²) >= 11 is 0. The van der Waals surface area contributed by atoms with E-state index in [4.69, 9.17) is 4.74 Å². The molecular formula is C27H27FN2O3. The number of hydrogen-bond acceptors (Lipinski definition) is 3. The highest BCUT2D eigenvalue weighted by molar-refractivity contribution is 5.94. The SMILES string of the molecule is CC(=O)N1CCc2ccc(O[C@H](C)C(=O)Nc3ccc(C)cc3)cc2[C@@H]1c1cccc(F)c1.